The summed E-state index contributed by atoms with van der Waals surface area (Å²) in [5.74, 6) is -0.861. The van der Waals surface area contributed by atoms with Crippen molar-refractivity contribution in [2.45, 2.75) is 33.1 Å². The van der Waals surface area contributed by atoms with Gasteiger partial charge in [0, 0.05) is 18.2 Å². The Morgan fingerprint density at radius 2 is 2.16 bits per heavy atom. The normalized spacial score (nSPS) is 15.8. The number of fused-ring (bicyclic) bond motifs is 1. The van der Waals surface area contributed by atoms with E-state index in [9.17, 15) is 14.7 Å². The molecule has 2 rings (SSSR count). The number of rotatable bonds is 3. The van der Waals surface area contributed by atoms with Gasteiger partial charge in [0.15, 0.2) is 0 Å². The van der Waals surface area contributed by atoms with Crippen molar-refractivity contribution in [2.75, 3.05) is 11.4 Å². The number of benzene rings is 1. The molecule has 0 aliphatic carbocycles. The van der Waals surface area contributed by atoms with Gasteiger partial charge < -0.3 is 10.0 Å². The Balaban J connectivity index is 2.43. The summed E-state index contributed by atoms with van der Waals surface area (Å²) in [6, 6.07) is 5.17. The minimum atomic E-state index is -0.922. The van der Waals surface area contributed by atoms with Crippen LogP contribution in [-0.2, 0) is 11.2 Å². The van der Waals surface area contributed by atoms with Gasteiger partial charge in [0.2, 0.25) is 5.91 Å². The zero-order chi connectivity index (χ0) is 14.0. The number of hydrogen-bond donors (Lipinski definition) is 1. The van der Waals surface area contributed by atoms with Crippen molar-refractivity contribution in [1.82, 2.24) is 0 Å². The number of carbonyl (C=O) groups is 2. The number of hydrogen-bond acceptors (Lipinski definition) is 2. The van der Waals surface area contributed by atoms with Crippen molar-refractivity contribution in [3.8, 4) is 0 Å². The first-order chi connectivity index (χ1) is 9.06. The number of amides is 1. The van der Waals surface area contributed by atoms with Crippen molar-refractivity contribution in [1.29, 1.82) is 0 Å². The van der Waals surface area contributed by atoms with Gasteiger partial charge in [0.05, 0.1) is 5.56 Å². The molecule has 4 heteroatoms. The monoisotopic (exact) mass is 261 g/mol. The van der Waals surface area contributed by atoms with Crippen LogP contribution in [0.15, 0.2) is 18.2 Å². The molecule has 1 heterocycles. The van der Waals surface area contributed by atoms with Crippen LogP contribution in [0.4, 0.5) is 5.69 Å². The largest absolute Gasteiger partial charge is 0.478 e. The highest BCUT2D eigenvalue weighted by atomic mass is 16.4. The van der Waals surface area contributed by atoms with Crippen molar-refractivity contribution in [2.24, 2.45) is 5.92 Å². The fourth-order valence-electron chi connectivity index (χ4n) is 2.49. The lowest BCUT2D eigenvalue weighted by atomic mass is 9.95. The van der Waals surface area contributed by atoms with Crippen LogP contribution in [0.25, 0.3) is 0 Å². The van der Waals surface area contributed by atoms with Gasteiger partial charge in [-0.05, 0) is 37.0 Å². The first-order valence-corrected chi connectivity index (χ1v) is 6.72. The third-order valence-electron chi connectivity index (χ3n) is 3.78. The fraction of sp³-hybridized carbons (Fsp3) is 0.467. The maximum atomic E-state index is 12.4. The molecule has 0 saturated carbocycles. The Bertz CT molecular complexity index is 510. The highest BCUT2D eigenvalue weighted by molar-refractivity contribution is 5.99. The second kappa shape index (κ2) is 5.43. The molecule has 1 aromatic rings. The molecule has 0 saturated heterocycles. The molecule has 0 radical (unpaired) electrons. The Morgan fingerprint density at radius 3 is 2.79 bits per heavy atom. The van der Waals surface area contributed by atoms with Crippen LogP contribution in [-0.4, -0.2) is 23.5 Å². The van der Waals surface area contributed by atoms with Gasteiger partial charge in [-0.25, -0.2) is 4.79 Å². The highest BCUT2D eigenvalue weighted by Crippen LogP contribution is 2.31. The molecular weight excluding hydrogens is 242 g/mol. The summed E-state index contributed by atoms with van der Waals surface area (Å²) in [7, 11) is 0. The van der Waals surface area contributed by atoms with Crippen LogP contribution in [0.2, 0.25) is 0 Å². The second-order valence-corrected chi connectivity index (χ2v) is 5.01. The van der Waals surface area contributed by atoms with Crippen molar-refractivity contribution >= 4 is 17.6 Å². The minimum Gasteiger partial charge on any atom is -0.478 e. The molecule has 0 unspecified atom stereocenters. The van der Waals surface area contributed by atoms with Crippen molar-refractivity contribution < 1.29 is 14.7 Å². The Labute approximate surface area is 113 Å². The van der Waals surface area contributed by atoms with Gasteiger partial charge >= 0.3 is 5.97 Å². The van der Waals surface area contributed by atoms with Gasteiger partial charge in [-0.3, -0.25) is 4.79 Å². The molecule has 1 aliphatic heterocycles. The molecule has 0 bridgehead atoms. The molecular formula is C15H19NO3. The van der Waals surface area contributed by atoms with E-state index in [1.54, 1.807) is 17.0 Å². The SMILES string of the molecule is CC[C@@H](C)C(=O)N1CCCc2c(C(=O)O)cccc21. The van der Waals surface area contributed by atoms with E-state index in [1.165, 1.54) is 0 Å². The lowest BCUT2D eigenvalue weighted by Crippen LogP contribution is -2.39. The summed E-state index contributed by atoms with van der Waals surface area (Å²) < 4.78 is 0. The average Bonchev–Trinajstić information content (AvgIpc) is 2.44. The lowest BCUT2D eigenvalue weighted by Gasteiger charge is -2.32. The van der Waals surface area contributed by atoms with Gasteiger partial charge in [-0.1, -0.05) is 19.9 Å². The zero-order valence-corrected chi connectivity index (χ0v) is 11.3. The summed E-state index contributed by atoms with van der Waals surface area (Å²) in [6.45, 7) is 4.58. The summed E-state index contributed by atoms with van der Waals surface area (Å²) in [5, 5.41) is 9.22. The van der Waals surface area contributed by atoms with E-state index in [0.717, 1.165) is 30.5 Å². The second-order valence-electron chi connectivity index (χ2n) is 5.01. The molecule has 1 atom stereocenters. The fourth-order valence-corrected chi connectivity index (χ4v) is 2.49. The van der Waals surface area contributed by atoms with Gasteiger partial charge in [-0.2, -0.15) is 0 Å². The van der Waals surface area contributed by atoms with E-state index in [0.29, 0.717) is 12.1 Å². The Kier molecular flexibility index (Phi) is 3.88. The van der Waals surface area contributed by atoms with Crippen LogP contribution in [0.5, 0.6) is 0 Å². The molecule has 1 aliphatic rings. The first kappa shape index (κ1) is 13.6. The average molecular weight is 261 g/mol. The lowest BCUT2D eigenvalue weighted by molar-refractivity contribution is -0.122. The highest BCUT2D eigenvalue weighted by Gasteiger charge is 2.27. The first-order valence-electron chi connectivity index (χ1n) is 6.72. The maximum Gasteiger partial charge on any atom is 0.336 e. The van der Waals surface area contributed by atoms with E-state index in [1.807, 2.05) is 19.9 Å². The van der Waals surface area contributed by atoms with Gasteiger partial charge in [0.1, 0.15) is 0 Å². The minimum absolute atomic E-state index is 0.0283. The number of carboxylic acids is 1. The Hall–Kier alpha value is -1.84. The van der Waals surface area contributed by atoms with Crippen LogP contribution in [0.1, 0.15) is 42.6 Å². The zero-order valence-electron chi connectivity index (χ0n) is 11.3. The van der Waals surface area contributed by atoms with E-state index in [2.05, 4.69) is 0 Å². The number of anilines is 1. The third kappa shape index (κ3) is 2.48. The standard InChI is InChI=1S/C15H19NO3/c1-3-10(2)14(17)16-9-5-7-11-12(15(18)19)6-4-8-13(11)16/h4,6,8,10H,3,5,7,9H2,1-2H3,(H,18,19)/t10-/m1/s1. The predicted octanol–water partition coefficient (Wildman–Crippen LogP) is 2.71. The van der Waals surface area contributed by atoms with Crippen molar-refractivity contribution in [3.05, 3.63) is 29.3 Å². The van der Waals surface area contributed by atoms with Crippen LogP contribution in [0, 0.1) is 5.92 Å². The van der Waals surface area contributed by atoms with Crippen LogP contribution < -0.4 is 4.90 Å². The van der Waals surface area contributed by atoms with Crippen LogP contribution >= 0.6 is 0 Å². The predicted molar refractivity (Wildman–Crippen MR) is 73.5 cm³/mol. The van der Waals surface area contributed by atoms with Crippen molar-refractivity contribution in [3.63, 3.8) is 0 Å². The van der Waals surface area contributed by atoms with Gasteiger partial charge in [0.25, 0.3) is 0 Å². The molecule has 1 amide bonds. The van der Waals surface area contributed by atoms with Gasteiger partial charge in [-0.15, -0.1) is 0 Å². The molecule has 0 spiro atoms. The quantitative estimate of drug-likeness (QED) is 0.910. The molecule has 1 aromatic carbocycles. The molecule has 0 aromatic heterocycles. The number of aromatic carboxylic acids is 1. The van der Waals surface area contributed by atoms with E-state index in [4.69, 9.17) is 0 Å². The molecule has 0 fully saturated rings. The summed E-state index contributed by atoms with van der Waals surface area (Å²) in [5.41, 5.74) is 1.88. The maximum absolute atomic E-state index is 12.4. The van der Waals surface area contributed by atoms with E-state index >= 15 is 0 Å². The summed E-state index contributed by atoms with van der Waals surface area (Å²) in [4.78, 5) is 25.3. The molecule has 19 heavy (non-hydrogen) atoms. The number of nitrogens with zero attached hydrogens (tertiary/aromatic N) is 1. The molecule has 1 N–H and O–H groups in total. The summed E-state index contributed by atoms with van der Waals surface area (Å²) >= 11 is 0. The smallest absolute Gasteiger partial charge is 0.336 e. The van der Waals surface area contributed by atoms with E-state index in [-0.39, 0.29) is 11.8 Å². The number of carbonyl (C=O) groups excluding carboxylic acids is 1. The third-order valence-corrected chi connectivity index (χ3v) is 3.78. The molecule has 102 valence electrons. The van der Waals surface area contributed by atoms with E-state index < -0.39 is 5.97 Å². The molecule has 4 nitrogen and oxygen atoms in total. The topological polar surface area (TPSA) is 57.6 Å². The Morgan fingerprint density at radius 1 is 1.42 bits per heavy atom. The summed E-state index contributed by atoms with van der Waals surface area (Å²) in [6.07, 6.45) is 2.34. The number of carboxylic acid groups (broad SMARTS) is 1. The van der Waals surface area contributed by atoms with Crippen LogP contribution in [0.3, 0.4) is 0 Å².